The fourth-order valence-electron chi connectivity index (χ4n) is 3.75. The van der Waals surface area contributed by atoms with Crippen LogP contribution in [0.15, 0.2) is 0 Å². The number of ether oxygens (including phenoxy) is 3. The molecular weight excluding hydrogens is 529 g/mol. The van der Waals surface area contributed by atoms with E-state index >= 15 is 0 Å². The molecule has 0 aliphatic carbocycles. The lowest BCUT2D eigenvalue weighted by Crippen LogP contribution is -2.29. The predicted molar refractivity (Wildman–Crippen MR) is 149 cm³/mol. The van der Waals surface area contributed by atoms with Gasteiger partial charge < -0.3 is 29.5 Å². The number of aliphatic hydroxyl groups excluding tert-OH is 1. The van der Waals surface area contributed by atoms with Gasteiger partial charge in [-0.05, 0) is 6.42 Å². The van der Waals surface area contributed by atoms with Crippen molar-refractivity contribution in [2.45, 2.75) is 116 Å². The first-order valence-electron chi connectivity index (χ1n) is 14.7. The molecule has 12 heteroatoms. The number of hydrogen-bond acceptors (Lipinski definition) is 9. The number of nitrogens with one attached hydrogen (secondary N) is 1. The Labute approximate surface area is 235 Å². The van der Waals surface area contributed by atoms with E-state index in [0.717, 1.165) is 19.3 Å². The zero-order valence-electron chi connectivity index (χ0n) is 24.2. The lowest BCUT2D eigenvalue weighted by molar-refractivity contribution is -0.147. The molecule has 0 rings (SSSR count). The van der Waals surface area contributed by atoms with Gasteiger partial charge in [-0.3, -0.25) is 13.8 Å². The molecule has 232 valence electrons. The summed E-state index contributed by atoms with van der Waals surface area (Å²) in [6.45, 7) is 1.29. The lowest BCUT2D eigenvalue weighted by atomic mass is 10.0. The molecule has 0 saturated carbocycles. The number of amides is 1. The molecule has 11 nitrogen and oxygen atoms in total. The topological polar surface area (TPSA) is 150 Å². The van der Waals surface area contributed by atoms with E-state index in [2.05, 4.69) is 16.8 Å². The molecule has 3 N–H and O–H groups in total. The number of carbonyl (C=O) groups is 2. The second kappa shape index (κ2) is 27.0. The average molecular weight is 584 g/mol. The van der Waals surface area contributed by atoms with Crippen molar-refractivity contribution in [2.24, 2.45) is 0 Å². The maximum absolute atomic E-state index is 11.8. The Morgan fingerprint density at radius 1 is 0.744 bits per heavy atom. The number of alkyl carbamates (subject to hydrolysis) is 1. The third-order valence-electron chi connectivity index (χ3n) is 6.00. The molecule has 0 aromatic carbocycles. The summed E-state index contributed by atoms with van der Waals surface area (Å²) in [5.41, 5.74) is 0. The first-order valence-corrected chi connectivity index (χ1v) is 16.2. The highest BCUT2D eigenvalue weighted by atomic mass is 31.2. The minimum atomic E-state index is -4.44. The number of phosphoric acid groups is 1. The van der Waals surface area contributed by atoms with Crippen molar-refractivity contribution in [3.8, 4) is 0 Å². The maximum Gasteiger partial charge on any atom is 0.472 e. The van der Waals surface area contributed by atoms with Crippen LogP contribution in [0.3, 0.4) is 0 Å². The van der Waals surface area contributed by atoms with Gasteiger partial charge in [0.25, 0.3) is 0 Å². The Morgan fingerprint density at radius 2 is 1.28 bits per heavy atom. The van der Waals surface area contributed by atoms with Gasteiger partial charge in [0, 0.05) is 20.1 Å². The Bertz CT molecular complexity index is 638. The van der Waals surface area contributed by atoms with Crippen molar-refractivity contribution in [1.29, 1.82) is 0 Å². The molecule has 0 aliphatic heterocycles. The molecule has 0 aromatic heterocycles. The van der Waals surface area contributed by atoms with Gasteiger partial charge >= 0.3 is 19.9 Å². The number of esters is 1. The van der Waals surface area contributed by atoms with Gasteiger partial charge in [0.1, 0.15) is 19.3 Å². The van der Waals surface area contributed by atoms with Gasteiger partial charge in [-0.25, -0.2) is 9.36 Å². The number of phosphoric ester groups is 1. The van der Waals surface area contributed by atoms with Crippen LogP contribution in [0.25, 0.3) is 0 Å². The van der Waals surface area contributed by atoms with Crippen LogP contribution < -0.4 is 5.32 Å². The number of rotatable bonds is 28. The highest BCUT2D eigenvalue weighted by Crippen LogP contribution is 2.42. The first kappa shape index (κ1) is 37.8. The van der Waals surface area contributed by atoms with E-state index in [1.165, 1.54) is 84.2 Å². The maximum atomic E-state index is 11.8. The Balaban J connectivity index is 3.58. The van der Waals surface area contributed by atoms with Crippen LogP contribution in [0, 0.1) is 0 Å². The smallest absolute Gasteiger partial charge is 0.463 e. The zero-order chi connectivity index (χ0) is 29.0. The molecule has 0 aliphatic rings. The summed E-state index contributed by atoms with van der Waals surface area (Å²) in [6, 6.07) is 0. The zero-order valence-corrected chi connectivity index (χ0v) is 25.1. The van der Waals surface area contributed by atoms with E-state index in [-0.39, 0.29) is 39.4 Å². The van der Waals surface area contributed by atoms with Crippen molar-refractivity contribution in [3.05, 3.63) is 0 Å². The minimum Gasteiger partial charge on any atom is -0.463 e. The lowest BCUT2D eigenvalue weighted by Gasteiger charge is -2.15. The summed E-state index contributed by atoms with van der Waals surface area (Å²) in [4.78, 5) is 32.8. The molecule has 0 saturated heterocycles. The fourth-order valence-corrected chi connectivity index (χ4v) is 4.51. The Hall–Kier alpha value is -1.23. The van der Waals surface area contributed by atoms with E-state index in [1.54, 1.807) is 0 Å². The van der Waals surface area contributed by atoms with Crippen LogP contribution in [-0.4, -0.2) is 74.9 Å². The van der Waals surface area contributed by atoms with E-state index in [0.29, 0.717) is 0 Å². The number of aliphatic hydroxyl groups is 1. The number of hydrogen-bond donors (Lipinski definition) is 3. The standard InChI is InChI=1S/C27H54NO10P/c1-3-4-5-6-7-8-9-10-11-12-13-14-15-16-17-18-26(30)36-23-25(29)24-38-39(32,33)37-20-19-28-27(31)35-22-21-34-2/h25,29H,3-24H2,1-2H3,(H,28,31)(H,32,33). The van der Waals surface area contributed by atoms with Crippen molar-refractivity contribution >= 4 is 19.9 Å². The van der Waals surface area contributed by atoms with Crippen molar-refractivity contribution in [2.75, 3.05) is 46.7 Å². The molecule has 0 bridgehead atoms. The largest absolute Gasteiger partial charge is 0.472 e. The van der Waals surface area contributed by atoms with Gasteiger partial charge in [0.15, 0.2) is 0 Å². The molecule has 2 atom stereocenters. The van der Waals surface area contributed by atoms with E-state index in [4.69, 9.17) is 18.7 Å². The summed E-state index contributed by atoms with van der Waals surface area (Å²) in [5, 5.41) is 12.2. The second-order valence-electron chi connectivity index (χ2n) is 9.69. The highest BCUT2D eigenvalue weighted by molar-refractivity contribution is 7.47. The highest BCUT2D eigenvalue weighted by Gasteiger charge is 2.23. The van der Waals surface area contributed by atoms with Crippen LogP contribution >= 0.6 is 7.82 Å². The normalized spacial score (nSPS) is 13.5. The van der Waals surface area contributed by atoms with Gasteiger partial charge in [-0.15, -0.1) is 0 Å². The van der Waals surface area contributed by atoms with E-state index in [1.807, 2.05) is 0 Å². The van der Waals surface area contributed by atoms with E-state index < -0.39 is 32.6 Å². The molecular formula is C27H54NO10P. The third-order valence-corrected chi connectivity index (χ3v) is 6.98. The predicted octanol–water partition coefficient (Wildman–Crippen LogP) is 5.66. The van der Waals surface area contributed by atoms with Gasteiger partial charge in [-0.2, -0.15) is 0 Å². The van der Waals surface area contributed by atoms with Crippen molar-refractivity contribution in [1.82, 2.24) is 5.32 Å². The van der Waals surface area contributed by atoms with Crippen LogP contribution in [0.4, 0.5) is 4.79 Å². The van der Waals surface area contributed by atoms with Crippen LogP contribution in [0.5, 0.6) is 0 Å². The second-order valence-corrected chi connectivity index (χ2v) is 11.1. The quantitative estimate of drug-likeness (QED) is 0.0598. The van der Waals surface area contributed by atoms with Crippen LogP contribution in [0.1, 0.15) is 110 Å². The number of unbranched alkanes of at least 4 members (excludes halogenated alkanes) is 14. The molecule has 2 unspecified atom stereocenters. The molecule has 39 heavy (non-hydrogen) atoms. The van der Waals surface area contributed by atoms with Crippen molar-refractivity contribution in [3.63, 3.8) is 0 Å². The van der Waals surface area contributed by atoms with Crippen LogP contribution in [-0.2, 0) is 32.6 Å². The Morgan fingerprint density at radius 3 is 1.82 bits per heavy atom. The molecule has 0 aromatic rings. The molecule has 0 spiro atoms. The van der Waals surface area contributed by atoms with E-state index in [9.17, 15) is 24.2 Å². The average Bonchev–Trinajstić information content (AvgIpc) is 2.91. The Kier molecular flexibility index (Phi) is 26.1. The number of methoxy groups -OCH3 is 1. The monoisotopic (exact) mass is 583 g/mol. The van der Waals surface area contributed by atoms with Gasteiger partial charge in [0.2, 0.25) is 0 Å². The fraction of sp³-hybridized carbons (Fsp3) is 0.926. The molecule has 0 fully saturated rings. The van der Waals surface area contributed by atoms with Gasteiger partial charge in [-0.1, -0.05) is 96.8 Å². The summed E-state index contributed by atoms with van der Waals surface area (Å²) in [5.74, 6) is -0.421. The van der Waals surface area contributed by atoms with Gasteiger partial charge in [0.05, 0.1) is 19.8 Å². The molecule has 0 radical (unpaired) electrons. The molecule has 0 heterocycles. The summed E-state index contributed by atoms with van der Waals surface area (Å²) < 4.78 is 35.7. The number of carbonyl (C=O) groups excluding carboxylic acids is 2. The SMILES string of the molecule is CCCCCCCCCCCCCCCCCC(=O)OCC(O)COP(=O)(O)OCCNC(=O)OCCOC. The molecule has 1 amide bonds. The summed E-state index contributed by atoms with van der Waals surface area (Å²) in [7, 11) is -2.97. The van der Waals surface area contributed by atoms with Crippen molar-refractivity contribution < 1.29 is 47.4 Å². The van der Waals surface area contributed by atoms with Crippen LogP contribution in [0.2, 0.25) is 0 Å². The summed E-state index contributed by atoms with van der Waals surface area (Å²) in [6.07, 6.45) is 17.0. The first-order chi connectivity index (χ1) is 18.8. The third kappa shape index (κ3) is 28.1. The minimum absolute atomic E-state index is 0.0761. The summed E-state index contributed by atoms with van der Waals surface area (Å²) >= 11 is 0.